The van der Waals surface area contributed by atoms with Gasteiger partial charge in [0, 0.05) is 44.2 Å². The van der Waals surface area contributed by atoms with Gasteiger partial charge in [-0.25, -0.2) is 0 Å². The lowest BCUT2D eigenvalue weighted by Gasteiger charge is -2.28. The Hall–Kier alpha value is -7.10. The molecule has 1 aliphatic carbocycles. The maximum atomic E-state index is 6.97. The summed E-state index contributed by atoms with van der Waals surface area (Å²) in [5.41, 5.74) is 16.4. The van der Waals surface area contributed by atoms with Crippen LogP contribution in [-0.2, 0) is 5.41 Å². The van der Waals surface area contributed by atoms with Crippen molar-refractivity contribution in [2.45, 2.75) is 33.1 Å². The first-order valence-electron chi connectivity index (χ1n) is 20.3. The molecule has 0 spiro atoms. The normalized spacial score (nSPS) is 12.5. The summed E-state index contributed by atoms with van der Waals surface area (Å²) < 4.78 is 9.38. The van der Waals surface area contributed by atoms with Crippen molar-refractivity contribution in [3.8, 4) is 27.9 Å². The van der Waals surface area contributed by atoms with Crippen molar-refractivity contribution in [3.05, 3.63) is 181 Å². The van der Waals surface area contributed by atoms with E-state index in [2.05, 4.69) is 207 Å². The van der Waals surface area contributed by atoms with Crippen LogP contribution < -0.4 is 4.90 Å². The Morgan fingerprint density at radius 1 is 0.448 bits per heavy atom. The lowest BCUT2D eigenvalue weighted by atomic mass is 9.78. The van der Waals surface area contributed by atoms with E-state index in [4.69, 9.17) is 4.42 Å². The molecule has 3 nitrogen and oxygen atoms in total. The van der Waals surface area contributed by atoms with Gasteiger partial charge in [-0.3, -0.25) is 0 Å². The van der Waals surface area contributed by atoms with Crippen molar-refractivity contribution in [2.75, 3.05) is 4.90 Å². The molecule has 58 heavy (non-hydrogen) atoms. The lowest BCUT2D eigenvalue weighted by molar-refractivity contribution is 0.573. The number of fused-ring (bicyclic) bond motifs is 12. The molecule has 0 aliphatic heterocycles. The molecule has 1 aliphatic rings. The molecule has 3 heteroatoms. The monoisotopic (exact) mass is 744 g/mol. The standard InChI is InChI=1S/C55H40N2O/c1-33-21-26-44-43-17-12-18-49(55(2,3)4)53(43)58-54(44)52(33)56(38-13-6-5-7-14-38)39-24-22-34-29-45-47(31-36(34)27-39)46-30-35-23-25-40(28-37(35)32-48(45)46)57-50-19-10-8-15-41(50)42-16-9-11-20-51(42)57/h5-32H,1-4H3. The molecule has 0 saturated heterocycles. The van der Waals surface area contributed by atoms with Crippen LogP contribution in [0.15, 0.2) is 174 Å². The second-order valence-corrected chi connectivity index (χ2v) is 17.0. The first kappa shape index (κ1) is 33.1. The van der Waals surface area contributed by atoms with Gasteiger partial charge in [-0.05, 0) is 134 Å². The van der Waals surface area contributed by atoms with E-state index in [1.54, 1.807) is 0 Å². The van der Waals surface area contributed by atoms with E-state index in [9.17, 15) is 0 Å². The van der Waals surface area contributed by atoms with Crippen molar-refractivity contribution in [2.24, 2.45) is 0 Å². The molecule has 0 saturated carbocycles. The van der Waals surface area contributed by atoms with E-state index in [0.29, 0.717) is 0 Å². The summed E-state index contributed by atoms with van der Waals surface area (Å²) in [5.74, 6) is 0. The van der Waals surface area contributed by atoms with E-state index < -0.39 is 0 Å². The molecule has 0 atom stereocenters. The smallest absolute Gasteiger partial charge is 0.159 e. The van der Waals surface area contributed by atoms with Crippen LogP contribution in [0, 0.1) is 6.92 Å². The molecular formula is C55H40N2O. The predicted octanol–water partition coefficient (Wildman–Crippen LogP) is 15.7. The van der Waals surface area contributed by atoms with Gasteiger partial charge in [-0.1, -0.05) is 118 Å². The van der Waals surface area contributed by atoms with E-state index in [1.807, 2.05) is 0 Å². The highest BCUT2D eigenvalue weighted by molar-refractivity contribution is 6.15. The molecule has 2 aromatic heterocycles. The number of aromatic nitrogens is 1. The Labute approximate surface area is 337 Å². The third-order valence-corrected chi connectivity index (χ3v) is 12.5. The second-order valence-electron chi connectivity index (χ2n) is 17.0. The highest BCUT2D eigenvalue weighted by Crippen LogP contribution is 2.52. The van der Waals surface area contributed by atoms with Gasteiger partial charge in [0.15, 0.2) is 5.58 Å². The molecule has 0 unspecified atom stereocenters. The number of nitrogens with zero attached hydrogens (tertiary/aromatic N) is 2. The third kappa shape index (κ3) is 4.74. The van der Waals surface area contributed by atoms with Crippen LogP contribution in [0.4, 0.5) is 17.1 Å². The van der Waals surface area contributed by atoms with Crippen molar-refractivity contribution in [1.82, 2.24) is 4.57 Å². The molecule has 0 fully saturated rings. The number of rotatable bonds is 4. The molecular weight excluding hydrogens is 705 g/mol. The van der Waals surface area contributed by atoms with E-state index in [1.165, 1.54) is 76.9 Å². The molecule has 9 aromatic carbocycles. The molecule has 12 rings (SSSR count). The number of benzene rings is 9. The lowest BCUT2D eigenvalue weighted by Crippen LogP contribution is -2.11. The van der Waals surface area contributed by atoms with Crippen LogP contribution in [0.3, 0.4) is 0 Å². The zero-order valence-electron chi connectivity index (χ0n) is 33.0. The maximum Gasteiger partial charge on any atom is 0.159 e. The quantitative estimate of drug-likeness (QED) is 0.179. The average Bonchev–Trinajstić information content (AvgIpc) is 3.79. The average molecular weight is 745 g/mol. The van der Waals surface area contributed by atoms with Crippen LogP contribution >= 0.6 is 0 Å². The van der Waals surface area contributed by atoms with E-state index >= 15 is 0 Å². The minimum Gasteiger partial charge on any atom is -0.454 e. The Morgan fingerprint density at radius 2 is 1.02 bits per heavy atom. The highest BCUT2D eigenvalue weighted by Gasteiger charge is 2.27. The van der Waals surface area contributed by atoms with Crippen LogP contribution in [0.2, 0.25) is 0 Å². The third-order valence-electron chi connectivity index (χ3n) is 12.5. The summed E-state index contributed by atoms with van der Waals surface area (Å²) in [6.07, 6.45) is 0. The first-order chi connectivity index (χ1) is 28.3. The van der Waals surface area contributed by atoms with Gasteiger partial charge in [0.2, 0.25) is 0 Å². The summed E-state index contributed by atoms with van der Waals surface area (Å²) in [6, 6.07) is 62.5. The first-order valence-corrected chi connectivity index (χ1v) is 20.3. The van der Waals surface area contributed by atoms with Crippen LogP contribution in [-0.4, -0.2) is 4.57 Å². The zero-order chi connectivity index (χ0) is 38.9. The Morgan fingerprint density at radius 3 is 1.69 bits per heavy atom. The van der Waals surface area contributed by atoms with Crippen molar-refractivity contribution in [1.29, 1.82) is 0 Å². The summed E-state index contributed by atoms with van der Waals surface area (Å²) in [4.78, 5) is 2.38. The van der Waals surface area contributed by atoms with Gasteiger partial charge in [0.05, 0.1) is 16.7 Å². The molecule has 0 bridgehead atoms. The molecule has 0 radical (unpaired) electrons. The number of aryl methyl sites for hydroxylation is 1. The minimum atomic E-state index is -0.0527. The SMILES string of the molecule is Cc1ccc2c(oc3c(C(C)(C)C)cccc32)c1N(c1ccccc1)c1ccc2cc3c(cc2c1)-c1cc2ccc(-n4c5ccccc5c5ccccc54)cc2cc1-3. The molecule has 0 amide bonds. The van der Waals surface area contributed by atoms with Crippen LogP contribution in [0.25, 0.3) is 93.2 Å². The van der Waals surface area contributed by atoms with Crippen molar-refractivity contribution in [3.63, 3.8) is 0 Å². The fraction of sp³-hybridized carbons (Fsp3) is 0.0909. The number of para-hydroxylation sites is 4. The molecule has 276 valence electrons. The minimum absolute atomic E-state index is 0.0527. The van der Waals surface area contributed by atoms with Crippen LogP contribution in [0.5, 0.6) is 0 Å². The summed E-state index contributed by atoms with van der Waals surface area (Å²) >= 11 is 0. The van der Waals surface area contributed by atoms with Gasteiger partial charge in [0.1, 0.15) is 5.58 Å². The van der Waals surface area contributed by atoms with Gasteiger partial charge in [0.25, 0.3) is 0 Å². The summed E-state index contributed by atoms with van der Waals surface area (Å²) in [6.45, 7) is 8.96. The topological polar surface area (TPSA) is 21.3 Å². The summed E-state index contributed by atoms with van der Waals surface area (Å²) in [7, 11) is 0. The van der Waals surface area contributed by atoms with Gasteiger partial charge in [-0.2, -0.15) is 0 Å². The highest BCUT2D eigenvalue weighted by atomic mass is 16.3. The number of furan rings is 1. The molecule has 2 heterocycles. The fourth-order valence-corrected chi connectivity index (χ4v) is 9.68. The van der Waals surface area contributed by atoms with Crippen LogP contribution in [0.1, 0.15) is 31.9 Å². The number of anilines is 3. The Bertz CT molecular complexity index is 3450. The number of hydrogen-bond acceptors (Lipinski definition) is 2. The molecule has 11 aromatic rings. The predicted molar refractivity (Wildman–Crippen MR) is 246 cm³/mol. The summed E-state index contributed by atoms with van der Waals surface area (Å²) in [5, 5.41) is 9.80. The van der Waals surface area contributed by atoms with Gasteiger partial charge >= 0.3 is 0 Å². The van der Waals surface area contributed by atoms with E-state index in [-0.39, 0.29) is 5.41 Å². The fourth-order valence-electron chi connectivity index (χ4n) is 9.68. The largest absolute Gasteiger partial charge is 0.454 e. The van der Waals surface area contributed by atoms with Gasteiger partial charge < -0.3 is 13.9 Å². The van der Waals surface area contributed by atoms with Crippen molar-refractivity contribution < 1.29 is 4.42 Å². The second kappa shape index (κ2) is 12.0. The maximum absolute atomic E-state index is 6.97. The van der Waals surface area contributed by atoms with Gasteiger partial charge in [-0.15, -0.1) is 0 Å². The Balaban J connectivity index is 0.983. The van der Waals surface area contributed by atoms with E-state index in [0.717, 1.165) is 44.6 Å². The Kier molecular flexibility index (Phi) is 6.82. The molecule has 0 N–H and O–H groups in total. The number of hydrogen-bond donors (Lipinski definition) is 0. The zero-order valence-corrected chi connectivity index (χ0v) is 33.0. The van der Waals surface area contributed by atoms with Crippen molar-refractivity contribution >= 4 is 82.4 Å².